The molecule has 0 fully saturated rings. The Morgan fingerprint density at radius 3 is 3.06 bits per heavy atom. The normalized spacial score (nSPS) is 15.1. The standard InChI is InChI=1S/C14H12NO.BrH/c1-16-14-7-4-5-11-10-15-8-3-2-6-12(15)9-13(11)14;/h2-5,7-9H,10H2,1H3;1H/q+1;/p-1. The first-order chi connectivity index (χ1) is 7.88. The highest BCUT2D eigenvalue weighted by Gasteiger charge is 2.24. The van der Waals surface area contributed by atoms with E-state index in [9.17, 15) is 0 Å². The van der Waals surface area contributed by atoms with Crippen LogP contribution in [0.2, 0.25) is 0 Å². The Hall–Kier alpha value is -1.57. The first-order valence-corrected chi connectivity index (χ1v) is 5.29. The van der Waals surface area contributed by atoms with Crippen LogP contribution in [0.3, 0.4) is 0 Å². The Morgan fingerprint density at radius 1 is 1.35 bits per heavy atom. The maximum absolute atomic E-state index is 5.37. The lowest BCUT2D eigenvalue weighted by atomic mass is 9.99. The van der Waals surface area contributed by atoms with Gasteiger partial charge in [-0.3, -0.25) is 0 Å². The Morgan fingerprint density at radius 2 is 2.24 bits per heavy atom. The van der Waals surface area contributed by atoms with Crippen LogP contribution in [0.15, 0.2) is 42.2 Å². The van der Waals surface area contributed by atoms with Crippen LogP contribution in [0, 0.1) is 6.08 Å². The van der Waals surface area contributed by atoms with E-state index in [-0.39, 0.29) is 17.0 Å². The second-order valence-electron chi connectivity index (χ2n) is 3.84. The van der Waals surface area contributed by atoms with Crippen molar-refractivity contribution in [2.75, 3.05) is 7.11 Å². The zero-order valence-corrected chi connectivity index (χ0v) is 11.1. The van der Waals surface area contributed by atoms with Crippen LogP contribution >= 0.6 is 0 Å². The van der Waals surface area contributed by atoms with Crippen molar-refractivity contribution in [2.45, 2.75) is 6.54 Å². The van der Waals surface area contributed by atoms with Gasteiger partial charge < -0.3 is 26.6 Å². The van der Waals surface area contributed by atoms with Crippen molar-refractivity contribution in [3.8, 4) is 5.75 Å². The molecule has 0 N–H and O–H groups in total. The van der Waals surface area contributed by atoms with Gasteiger partial charge in [0.05, 0.1) is 43.6 Å². The van der Waals surface area contributed by atoms with Crippen LogP contribution in [-0.4, -0.2) is 12.0 Å². The summed E-state index contributed by atoms with van der Waals surface area (Å²) in [6, 6.07) is 6.16. The molecule has 1 aromatic carbocycles. The van der Waals surface area contributed by atoms with Crippen LogP contribution in [0.25, 0.3) is 6.08 Å². The second kappa shape index (κ2) is 4.74. The van der Waals surface area contributed by atoms with Crippen molar-refractivity contribution in [1.29, 1.82) is 0 Å². The summed E-state index contributed by atoms with van der Waals surface area (Å²) in [4.78, 5) is 2.18. The third-order valence-electron chi connectivity index (χ3n) is 2.90. The Labute approximate surface area is 112 Å². The lowest BCUT2D eigenvalue weighted by Crippen LogP contribution is -3.00. The van der Waals surface area contributed by atoms with Gasteiger partial charge in [0.1, 0.15) is 11.8 Å². The molecule has 2 heterocycles. The van der Waals surface area contributed by atoms with E-state index in [0.717, 1.165) is 18.0 Å². The SMILES string of the molecule is COc1cccc2c1C=C1[C+]=CC=CN1C2.[Br-]. The summed E-state index contributed by atoms with van der Waals surface area (Å²) in [6.07, 6.45) is 11.4. The minimum absolute atomic E-state index is 0. The van der Waals surface area contributed by atoms with Gasteiger partial charge in [0.25, 0.3) is 0 Å². The molecule has 0 radical (unpaired) electrons. The molecule has 1 aromatic rings. The second-order valence-corrected chi connectivity index (χ2v) is 3.84. The molecule has 0 aromatic heterocycles. The zero-order chi connectivity index (χ0) is 11.0. The van der Waals surface area contributed by atoms with Gasteiger partial charge in [0.15, 0.2) is 0 Å². The maximum atomic E-state index is 5.37. The van der Waals surface area contributed by atoms with Gasteiger partial charge in [0, 0.05) is 0 Å². The van der Waals surface area contributed by atoms with Gasteiger partial charge >= 0.3 is 0 Å². The topological polar surface area (TPSA) is 12.5 Å². The monoisotopic (exact) mass is 289 g/mol. The minimum atomic E-state index is 0. The fourth-order valence-corrected chi connectivity index (χ4v) is 2.10. The van der Waals surface area contributed by atoms with Crippen molar-refractivity contribution in [1.82, 2.24) is 4.90 Å². The fraction of sp³-hybridized carbons (Fsp3) is 0.143. The molecular weight excluding hydrogens is 278 g/mol. The quantitative estimate of drug-likeness (QED) is 0.661. The number of nitrogens with zero attached hydrogens (tertiary/aromatic N) is 1. The first kappa shape index (κ1) is 11.9. The molecule has 2 aliphatic rings. The molecule has 17 heavy (non-hydrogen) atoms. The molecule has 2 aliphatic heterocycles. The smallest absolute Gasteiger partial charge is 0.210 e. The first-order valence-electron chi connectivity index (χ1n) is 5.29. The molecule has 2 nitrogen and oxygen atoms in total. The summed E-state index contributed by atoms with van der Waals surface area (Å²) >= 11 is 0. The van der Waals surface area contributed by atoms with E-state index in [1.807, 2.05) is 24.3 Å². The molecule has 0 aliphatic carbocycles. The van der Waals surface area contributed by atoms with E-state index in [0.29, 0.717) is 0 Å². The lowest BCUT2D eigenvalue weighted by Gasteiger charge is -2.23. The summed E-state index contributed by atoms with van der Waals surface area (Å²) < 4.78 is 5.37. The molecule has 0 saturated heterocycles. The molecule has 0 unspecified atom stereocenters. The van der Waals surface area contributed by atoms with Gasteiger partial charge in [-0.2, -0.15) is 0 Å². The van der Waals surface area contributed by atoms with E-state index in [4.69, 9.17) is 4.74 Å². The number of ether oxygens (including phenoxy) is 1. The number of halogens is 1. The van der Waals surface area contributed by atoms with Gasteiger partial charge in [0.2, 0.25) is 5.70 Å². The predicted molar refractivity (Wildman–Crippen MR) is 63.5 cm³/mol. The van der Waals surface area contributed by atoms with Gasteiger partial charge in [-0.15, -0.1) is 0 Å². The number of rotatable bonds is 1. The highest BCUT2D eigenvalue weighted by Crippen LogP contribution is 2.32. The van der Waals surface area contributed by atoms with Gasteiger partial charge in [-0.25, -0.2) is 0 Å². The van der Waals surface area contributed by atoms with E-state index in [2.05, 4.69) is 29.3 Å². The fourth-order valence-electron chi connectivity index (χ4n) is 2.10. The van der Waals surface area contributed by atoms with Gasteiger partial charge in [-0.05, 0) is 11.6 Å². The molecular formula is C14H12BrNO. The summed E-state index contributed by atoms with van der Waals surface area (Å²) in [7, 11) is 1.71. The number of benzene rings is 1. The Balaban J connectivity index is 0.00000108. The van der Waals surface area contributed by atoms with Crippen LogP contribution in [0.1, 0.15) is 11.1 Å². The third kappa shape index (κ3) is 1.99. The number of methoxy groups -OCH3 is 1. The summed E-state index contributed by atoms with van der Waals surface area (Å²) in [5.74, 6) is 0.931. The summed E-state index contributed by atoms with van der Waals surface area (Å²) in [5.41, 5.74) is 3.56. The zero-order valence-electron chi connectivity index (χ0n) is 9.48. The maximum Gasteiger partial charge on any atom is 0.210 e. The Kier molecular flexibility index (Phi) is 3.32. The summed E-state index contributed by atoms with van der Waals surface area (Å²) in [5, 5.41) is 0. The average molecular weight is 290 g/mol. The number of hydrogen-bond acceptors (Lipinski definition) is 2. The third-order valence-corrected chi connectivity index (χ3v) is 2.90. The average Bonchev–Trinajstić information content (AvgIpc) is 2.35. The van der Waals surface area contributed by atoms with Gasteiger partial charge in [-0.1, -0.05) is 12.1 Å². The number of fused-ring (bicyclic) bond motifs is 2. The molecule has 3 heteroatoms. The highest BCUT2D eigenvalue weighted by atomic mass is 79.9. The van der Waals surface area contributed by atoms with Crippen molar-refractivity contribution in [2.24, 2.45) is 0 Å². The van der Waals surface area contributed by atoms with E-state index < -0.39 is 0 Å². The molecule has 86 valence electrons. The molecule has 0 bridgehead atoms. The minimum Gasteiger partial charge on any atom is -1.00 e. The van der Waals surface area contributed by atoms with Crippen LogP contribution in [-0.2, 0) is 6.54 Å². The molecule has 0 atom stereocenters. The molecule has 0 amide bonds. The largest absolute Gasteiger partial charge is 1.00 e. The van der Waals surface area contributed by atoms with E-state index in [1.165, 1.54) is 11.1 Å². The highest BCUT2D eigenvalue weighted by molar-refractivity contribution is 5.66. The number of hydrogen-bond donors (Lipinski definition) is 0. The van der Waals surface area contributed by atoms with Crippen molar-refractivity contribution in [3.05, 3.63) is 59.5 Å². The molecule has 0 saturated carbocycles. The Bertz CT molecular complexity index is 517. The molecule has 0 spiro atoms. The van der Waals surface area contributed by atoms with Crippen molar-refractivity contribution >= 4 is 6.08 Å². The van der Waals surface area contributed by atoms with E-state index in [1.54, 1.807) is 7.11 Å². The van der Waals surface area contributed by atoms with Crippen LogP contribution in [0.4, 0.5) is 0 Å². The molecule has 3 rings (SSSR count). The van der Waals surface area contributed by atoms with Crippen LogP contribution < -0.4 is 21.7 Å². The van der Waals surface area contributed by atoms with Crippen molar-refractivity contribution in [3.63, 3.8) is 0 Å². The lowest BCUT2D eigenvalue weighted by molar-refractivity contribution is -0.00000342. The number of allylic oxidation sites excluding steroid dienone is 3. The van der Waals surface area contributed by atoms with Crippen molar-refractivity contribution < 1.29 is 21.7 Å². The summed E-state index contributed by atoms with van der Waals surface area (Å²) in [6.45, 7) is 0.885. The van der Waals surface area contributed by atoms with Crippen LogP contribution in [0.5, 0.6) is 5.75 Å². The predicted octanol–water partition coefficient (Wildman–Crippen LogP) is -0.258. The van der Waals surface area contributed by atoms with E-state index >= 15 is 0 Å².